The Balaban J connectivity index is 1.35. The zero-order valence-electron chi connectivity index (χ0n) is 19.6. The topological polar surface area (TPSA) is 88.2 Å². The van der Waals surface area contributed by atoms with Gasteiger partial charge in [0.15, 0.2) is 0 Å². The summed E-state index contributed by atoms with van der Waals surface area (Å²) in [5.74, 6) is 1.26. The van der Waals surface area contributed by atoms with Gasteiger partial charge in [-0.25, -0.2) is 14.5 Å². The SMILES string of the molecule is Cc1nn(C)cc1-c1cc2cnc(Nc3ccc(N4CCNCC4)cn3)nn2c1C1=CCCC1. The van der Waals surface area contributed by atoms with Crippen LogP contribution >= 0.6 is 0 Å². The molecule has 2 N–H and O–H groups in total. The summed E-state index contributed by atoms with van der Waals surface area (Å²) in [6, 6.07) is 6.27. The molecule has 0 amide bonds. The molecule has 1 saturated heterocycles. The number of pyridine rings is 1. The van der Waals surface area contributed by atoms with Crippen molar-refractivity contribution in [2.24, 2.45) is 7.05 Å². The van der Waals surface area contributed by atoms with Gasteiger partial charge in [-0.3, -0.25) is 4.68 Å². The summed E-state index contributed by atoms with van der Waals surface area (Å²) in [7, 11) is 1.96. The molecule has 0 aromatic carbocycles. The number of piperazine rings is 1. The van der Waals surface area contributed by atoms with Crippen molar-refractivity contribution in [2.75, 3.05) is 36.4 Å². The number of nitrogens with one attached hydrogen (secondary N) is 2. The van der Waals surface area contributed by atoms with E-state index in [0.717, 1.165) is 78.6 Å². The van der Waals surface area contributed by atoms with E-state index in [1.165, 1.54) is 12.0 Å². The molecular formula is C25H29N9. The van der Waals surface area contributed by atoms with Crippen molar-refractivity contribution in [3.8, 4) is 11.1 Å². The highest BCUT2D eigenvalue weighted by Gasteiger charge is 2.22. The Morgan fingerprint density at radius 2 is 1.91 bits per heavy atom. The summed E-state index contributed by atoms with van der Waals surface area (Å²) in [6.07, 6.45) is 11.5. The maximum atomic E-state index is 4.88. The number of aromatic nitrogens is 6. The minimum absolute atomic E-state index is 0.528. The molecule has 1 fully saturated rings. The molecule has 2 aliphatic rings. The Morgan fingerprint density at radius 3 is 2.62 bits per heavy atom. The van der Waals surface area contributed by atoms with Gasteiger partial charge in [-0.1, -0.05) is 6.08 Å². The molecule has 0 atom stereocenters. The molecule has 9 heteroatoms. The summed E-state index contributed by atoms with van der Waals surface area (Å²) in [5.41, 5.74) is 7.88. The van der Waals surface area contributed by atoms with Gasteiger partial charge in [-0.05, 0) is 50.0 Å². The van der Waals surface area contributed by atoms with Gasteiger partial charge in [0, 0.05) is 50.6 Å². The van der Waals surface area contributed by atoms with Crippen LogP contribution in [0.15, 0.2) is 42.9 Å². The van der Waals surface area contributed by atoms with E-state index >= 15 is 0 Å². The van der Waals surface area contributed by atoms with Crippen LogP contribution in [0.3, 0.4) is 0 Å². The van der Waals surface area contributed by atoms with Crippen LogP contribution in [-0.4, -0.2) is 55.5 Å². The Bertz CT molecular complexity index is 1360. The van der Waals surface area contributed by atoms with E-state index in [9.17, 15) is 0 Å². The standard InChI is InChI=1S/C25H29N9/c1-17-22(16-32(2)30-17)21-13-20-15-28-25(31-34(20)24(21)18-5-3-4-6-18)29-23-8-7-19(14-27-23)33-11-9-26-10-12-33/h5,7-8,13-16,26H,3-4,6,9-12H2,1-2H3,(H,27,29,31). The maximum absolute atomic E-state index is 4.88. The van der Waals surface area contributed by atoms with E-state index in [0.29, 0.717) is 5.95 Å². The predicted molar refractivity (Wildman–Crippen MR) is 134 cm³/mol. The van der Waals surface area contributed by atoms with Gasteiger partial charge < -0.3 is 15.5 Å². The van der Waals surface area contributed by atoms with E-state index in [-0.39, 0.29) is 0 Å². The van der Waals surface area contributed by atoms with Crippen LogP contribution in [0.25, 0.3) is 22.2 Å². The van der Waals surface area contributed by atoms with E-state index in [1.54, 1.807) is 0 Å². The number of nitrogens with zero attached hydrogens (tertiary/aromatic N) is 7. The highest BCUT2D eigenvalue weighted by molar-refractivity contribution is 5.85. The molecule has 1 aliphatic carbocycles. The van der Waals surface area contributed by atoms with Gasteiger partial charge in [-0.2, -0.15) is 5.10 Å². The lowest BCUT2D eigenvalue weighted by Crippen LogP contribution is -2.43. The number of rotatable bonds is 5. The van der Waals surface area contributed by atoms with Crippen LogP contribution in [0.4, 0.5) is 17.5 Å². The lowest BCUT2D eigenvalue weighted by Gasteiger charge is -2.29. The summed E-state index contributed by atoms with van der Waals surface area (Å²) in [5, 5.41) is 16.1. The molecule has 4 aromatic heterocycles. The first-order valence-corrected chi connectivity index (χ1v) is 11.9. The minimum Gasteiger partial charge on any atom is -0.368 e. The van der Waals surface area contributed by atoms with Crippen LogP contribution in [0, 0.1) is 6.92 Å². The fraction of sp³-hybridized carbons (Fsp3) is 0.360. The molecule has 0 radical (unpaired) electrons. The summed E-state index contributed by atoms with van der Waals surface area (Å²) < 4.78 is 3.89. The van der Waals surface area contributed by atoms with E-state index in [1.807, 2.05) is 34.7 Å². The molecular weight excluding hydrogens is 426 g/mol. The second kappa shape index (κ2) is 8.57. The number of fused-ring (bicyclic) bond motifs is 1. The van der Waals surface area contributed by atoms with Crippen molar-refractivity contribution in [3.05, 3.63) is 54.3 Å². The first-order valence-electron chi connectivity index (χ1n) is 11.9. The predicted octanol–water partition coefficient (Wildman–Crippen LogP) is 3.55. The largest absolute Gasteiger partial charge is 0.368 e. The van der Waals surface area contributed by atoms with E-state index < -0.39 is 0 Å². The maximum Gasteiger partial charge on any atom is 0.246 e. The molecule has 6 rings (SSSR count). The molecule has 0 spiro atoms. The molecule has 4 aromatic rings. The summed E-state index contributed by atoms with van der Waals surface area (Å²) >= 11 is 0. The van der Waals surface area contributed by atoms with Gasteiger partial charge in [0.05, 0.1) is 35.0 Å². The molecule has 34 heavy (non-hydrogen) atoms. The van der Waals surface area contributed by atoms with Crippen molar-refractivity contribution < 1.29 is 0 Å². The number of aryl methyl sites for hydroxylation is 2. The molecule has 174 valence electrons. The number of hydrogen-bond acceptors (Lipinski definition) is 7. The van der Waals surface area contributed by atoms with Crippen molar-refractivity contribution in [1.82, 2.24) is 34.7 Å². The first kappa shape index (κ1) is 20.9. The van der Waals surface area contributed by atoms with Gasteiger partial charge in [0.1, 0.15) is 5.82 Å². The third kappa shape index (κ3) is 3.81. The summed E-state index contributed by atoms with van der Waals surface area (Å²) in [6.45, 7) is 6.06. The third-order valence-electron chi connectivity index (χ3n) is 6.64. The lowest BCUT2D eigenvalue weighted by molar-refractivity contribution is 0.589. The van der Waals surface area contributed by atoms with Crippen LogP contribution in [0.1, 0.15) is 30.7 Å². The average molecular weight is 456 g/mol. The fourth-order valence-corrected chi connectivity index (χ4v) is 4.97. The minimum atomic E-state index is 0.528. The van der Waals surface area contributed by atoms with Crippen LogP contribution in [0.5, 0.6) is 0 Å². The number of hydrogen-bond donors (Lipinski definition) is 2. The van der Waals surface area contributed by atoms with Gasteiger partial charge >= 0.3 is 0 Å². The van der Waals surface area contributed by atoms with Crippen LogP contribution in [-0.2, 0) is 7.05 Å². The molecule has 9 nitrogen and oxygen atoms in total. The average Bonchev–Trinajstić information content (AvgIpc) is 3.58. The fourth-order valence-electron chi connectivity index (χ4n) is 4.97. The van der Waals surface area contributed by atoms with E-state index in [4.69, 9.17) is 5.10 Å². The zero-order chi connectivity index (χ0) is 23.1. The van der Waals surface area contributed by atoms with Crippen molar-refractivity contribution >= 4 is 28.5 Å². The molecule has 5 heterocycles. The highest BCUT2D eigenvalue weighted by atomic mass is 15.3. The quantitative estimate of drug-likeness (QED) is 0.476. The molecule has 1 aliphatic heterocycles. The van der Waals surface area contributed by atoms with Crippen LogP contribution in [0.2, 0.25) is 0 Å². The summed E-state index contributed by atoms with van der Waals surface area (Å²) in [4.78, 5) is 11.5. The first-order chi connectivity index (χ1) is 16.7. The normalized spacial score (nSPS) is 16.3. The van der Waals surface area contributed by atoms with Crippen molar-refractivity contribution in [2.45, 2.75) is 26.2 Å². The molecule has 0 saturated carbocycles. The monoisotopic (exact) mass is 455 g/mol. The molecule has 0 bridgehead atoms. The van der Waals surface area contributed by atoms with Crippen LogP contribution < -0.4 is 15.5 Å². The van der Waals surface area contributed by atoms with Crippen molar-refractivity contribution in [3.63, 3.8) is 0 Å². The van der Waals surface area contributed by atoms with Gasteiger partial charge in [0.2, 0.25) is 5.95 Å². The van der Waals surface area contributed by atoms with Crippen molar-refractivity contribution in [1.29, 1.82) is 0 Å². The molecule has 0 unspecified atom stereocenters. The van der Waals surface area contributed by atoms with Gasteiger partial charge in [-0.15, -0.1) is 5.10 Å². The number of anilines is 3. The Morgan fingerprint density at radius 1 is 1.03 bits per heavy atom. The Kier molecular flexibility index (Phi) is 5.26. The van der Waals surface area contributed by atoms with Gasteiger partial charge in [0.25, 0.3) is 0 Å². The number of allylic oxidation sites excluding steroid dienone is 2. The highest BCUT2D eigenvalue weighted by Crippen LogP contribution is 2.38. The smallest absolute Gasteiger partial charge is 0.246 e. The Hall–Kier alpha value is -3.72. The zero-order valence-corrected chi connectivity index (χ0v) is 19.6. The second-order valence-electron chi connectivity index (χ2n) is 9.01. The Labute approximate surface area is 198 Å². The second-order valence-corrected chi connectivity index (χ2v) is 9.01. The lowest BCUT2D eigenvalue weighted by atomic mass is 10.0. The van der Waals surface area contributed by atoms with E-state index in [2.05, 4.69) is 61.9 Å². The third-order valence-corrected chi connectivity index (χ3v) is 6.64.